The molecule has 0 aliphatic rings. The third kappa shape index (κ3) is 3.81. The summed E-state index contributed by atoms with van der Waals surface area (Å²) in [5.41, 5.74) is 0. The molecule has 74 valence electrons. The molecule has 3 nitrogen and oxygen atoms in total. The van der Waals surface area contributed by atoms with Crippen LogP contribution in [-0.4, -0.2) is 18.9 Å². The van der Waals surface area contributed by atoms with Crippen LogP contribution in [0.1, 0.15) is 33.6 Å². The maximum absolute atomic E-state index is 5.35. The van der Waals surface area contributed by atoms with E-state index < -0.39 is 0 Å². The summed E-state index contributed by atoms with van der Waals surface area (Å²) in [7, 11) is 2.32. The first-order valence-corrected chi connectivity index (χ1v) is 5.09. The smallest absolute Gasteiger partial charge is 0.177 e. The maximum Gasteiger partial charge on any atom is 0.177 e. The van der Waals surface area contributed by atoms with Gasteiger partial charge in [0.1, 0.15) is 0 Å². The minimum atomic E-state index is -0.344. The van der Waals surface area contributed by atoms with Crippen molar-refractivity contribution in [1.82, 2.24) is 10.6 Å². The topological polar surface area (TPSA) is 33.3 Å². The molecule has 12 heavy (non-hydrogen) atoms. The first kappa shape index (κ1) is 12.3. The predicted octanol–water partition coefficient (Wildman–Crippen LogP) is 1.47. The van der Waals surface area contributed by atoms with Gasteiger partial charge in [0, 0.05) is 15.9 Å². The lowest BCUT2D eigenvalue weighted by Gasteiger charge is -2.33. The molecule has 1 atom stereocenters. The normalized spacial score (nSPS) is 12.0. The average molecular weight is 192 g/mol. The molecule has 0 bridgehead atoms. The monoisotopic (exact) mass is 192 g/mol. The average Bonchev–Trinajstić information content (AvgIpc) is 2.06. The summed E-state index contributed by atoms with van der Waals surface area (Å²) in [6, 6.07) is 0. The van der Waals surface area contributed by atoms with Crippen LogP contribution in [0.4, 0.5) is 0 Å². The van der Waals surface area contributed by atoms with Gasteiger partial charge in [0.2, 0.25) is 0 Å². The second kappa shape index (κ2) is 6.79. The van der Waals surface area contributed by atoms with Crippen molar-refractivity contribution in [2.75, 3.05) is 13.1 Å². The standard InChI is InChI=1S/C8H21N2OP/c1-4-7-8(11-12,9-5-2)10-6-3/h9-10H,4-7,12H2,1-3H3. The highest BCUT2D eigenvalue weighted by Gasteiger charge is 2.25. The van der Waals surface area contributed by atoms with Crippen LogP contribution in [-0.2, 0) is 4.52 Å². The maximum atomic E-state index is 5.35. The summed E-state index contributed by atoms with van der Waals surface area (Å²) in [5, 5.41) is 6.59. The van der Waals surface area contributed by atoms with E-state index in [0.717, 1.165) is 25.9 Å². The molecule has 0 aromatic rings. The van der Waals surface area contributed by atoms with Gasteiger partial charge < -0.3 is 4.52 Å². The van der Waals surface area contributed by atoms with Crippen LogP contribution in [0.2, 0.25) is 0 Å². The molecule has 0 heterocycles. The fourth-order valence-electron chi connectivity index (χ4n) is 1.30. The summed E-state index contributed by atoms with van der Waals surface area (Å²) in [6.07, 6.45) is 2.06. The van der Waals surface area contributed by atoms with Crippen molar-refractivity contribution in [2.45, 2.75) is 39.5 Å². The Balaban J connectivity index is 4.06. The van der Waals surface area contributed by atoms with Crippen molar-refractivity contribution in [1.29, 1.82) is 0 Å². The Morgan fingerprint density at radius 1 is 1.17 bits per heavy atom. The zero-order valence-electron chi connectivity index (χ0n) is 8.31. The van der Waals surface area contributed by atoms with E-state index in [-0.39, 0.29) is 5.85 Å². The zero-order valence-corrected chi connectivity index (χ0v) is 9.47. The molecule has 2 N–H and O–H groups in total. The van der Waals surface area contributed by atoms with Gasteiger partial charge in [-0.2, -0.15) is 0 Å². The largest absolute Gasteiger partial charge is 0.331 e. The van der Waals surface area contributed by atoms with Gasteiger partial charge in [-0.1, -0.05) is 27.2 Å². The number of nitrogens with one attached hydrogen (secondary N) is 2. The molecule has 0 aliphatic carbocycles. The first-order valence-electron chi connectivity index (χ1n) is 4.62. The Hall–Kier alpha value is 0.310. The van der Waals surface area contributed by atoms with E-state index >= 15 is 0 Å². The van der Waals surface area contributed by atoms with Crippen molar-refractivity contribution in [2.24, 2.45) is 0 Å². The van der Waals surface area contributed by atoms with Crippen LogP contribution in [0.5, 0.6) is 0 Å². The van der Waals surface area contributed by atoms with Gasteiger partial charge in [-0.25, -0.2) is 0 Å². The predicted molar refractivity (Wildman–Crippen MR) is 55.8 cm³/mol. The van der Waals surface area contributed by atoms with Gasteiger partial charge in [-0.3, -0.25) is 10.6 Å². The van der Waals surface area contributed by atoms with Crippen LogP contribution in [0.15, 0.2) is 0 Å². The number of hydrogen-bond acceptors (Lipinski definition) is 3. The SMILES string of the molecule is CCCC(NCC)(NCC)OP. The molecule has 0 amide bonds. The molecule has 4 heteroatoms. The fraction of sp³-hybridized carbons (Fsp3) is 1.00. The Kier molecular flexibility index (Phi) is 6.96. The lowest BCUT2D eigenvalue weighted by atomic mass is 10.2. The van der Waals surface area contributed by atoms with Crippen molar-refractivity contribution in [3.05, 3.63) is 0 Å². The molecule has 0 aliphatic heterocycles. The van der Waals surface area contributed by atoms with Gasteiger partial charge in [0.05, 0.1) is 0 Å². The zero-order chi connectivity index (χ0) is 9.45. The second-order valence-electron chi connectivity index (χ2n) is 2.76. The van der Waals surface area contributed by atoms with Gasteiger partial charge in [0.25, 0.3) is 0 Å². The lowest BCUT2D eigenvalue weighted by molar-refractivity contribution is 0.0107. The van der Waals surface area contributed by atoms with E-state index in [1.54, 1.807) is 0 Å². The molecule has 0 rings (SSSR count). The molecule has 0 aromatic heterocycles. The van der Waals surface area contributed by atoms with Crippen LogP contribution in [0.25, 0.3) is 0 Å². The Morgan fingerprint density at radius 2 is 1.67 bits per heavy atom. The fourth-order valence-corrected chi connectivity index (χ4v) is 1.59. The third-order valence-corrected chi connectivity index (χ3v) is 2.13. The minimum absolute atomic E-state index is 0.344. The molecule has 0 spiro atoms. The number of rotatable bonds is 7. The summed E-state index contributed by atoms with van der Waals surface area (Å²) >= 11 is 0. The second-order valence-corrected chi connectivity index (χ2v) is 2.99. The molecular formula is C8H21N2OP. The van der Waals surface area contributed by atoms with Gasteiger partial charge in [-0.05, 0) is 13.1 Å². The summed E-state index contributed by atoms with van der Waals surface area (Å²) in [6.45, 7) is 8.10. The molecular weight excluding hydrogens is 171 g/mol. The molecule has 0 saturated carbocycles. The van der Waals surface area contributed by atoms with Crippen LogP contribution >= 0.6 is 9.47 Å². The molecule has 0 radical (unpaired) electrons. The van der Waals surface area contributed by atoms with Crippen LogP contribution < -0.4 is 10.6 Å². The molecule has 0 saturated heterocycles. The van der Waals surface area contributed by atoms with Crippen molar-refractivity contribution >= 4 is 9.47 Å². The van der Waals surface area contributed by atoms with Gasteiger partial charge in [-0.15, -0.1) is 0 Å². The van der Waals surface area contributed by atoms with E-state index in [9.17, 15) is 0 Å². The lowest BCUT2D eigenvalue weighted by Crippen LogP contribution is -2.57. The molecule has 0 fully saturated rings. The highest BCUT2D eigenvalue weighted by molar-refractivity contribution is 7.09. The third-order valence-electron chi connectivity index (χ3n) is 1.73. The Labute approximate surface area is 77.9 Å². The van der Waals surface area contributed by atoms with E-state index in [1.165, 1.54) is 0 Å². The van der Waals surface area contributed by atoms with Crippen molar-refractivity contribution < 1.29 is 4.52 Å². The Bertz CT molecular complexity index is 94.2. The highest BCUT2D eigenvalue weighted by atomic mass is 31.0. The van der Waals surface area contributed by atoms with Crippen LogP contribution in [0.3, 0.4) is 0 Å². The minimum Gasteiger partial charge on any atom is -0.331 e. The number of hydrogen-bond donors (Lipinski definition) is 2. The van der Waals surface area contributed by atoms with Gasteiger partial charge >= 0.3 is 0 Å². The van der Waals surface area contributed by atoms with Crippen molar-refractivity contribution in [3.63, 3.8) is 0 Å². The summed E-state index contributed by atoms with van der Waals surface area (Å²) in [4.78, 5) is 0. The van der Waals surface area contributed by atoms with E-state index in [2.05, 4.69) is 40.9 Å². The van der Waals surface area contributed by atoms with Crippen LogP contribution in [0, 0.1) is 0 Å². The quantitative estimate of drug-likeness (QED) is 0.473. The Morgan fingerprint density at radius 3 is 1.92 bits per heavy atom. The van der Waals surface area contributed by atoms with E-state index in [0.29, 0.717) is 0 Å². The molecule has 0 aromatic carbocycles. The first-order chi connectivity index (χ1) is 5.74. The van der Waals surface area contributed by atoms with E-state index in [4.69, 9.17) is 4.52 Å². The van der Waals surface area contributed by atoms with E-state index in [1.807, 2.05) is 0 Å². The summed E-state index contributed by atoms with van der Waals surface area (Å²) in [5.74, 6) is -0.344. The van der Waals surface area contributed by atoms with Gasteiger partial charge in [0.15, 0.2) is 5.85 Å². The molecule has 1 unspecified atom stereocenters. The van der Waals surface area contributed by atoms with Crippen molar-refractivity contribution in [3.8, 4) is 0 Å². The highest BCUT2D eigenvalue weighted by Crippen LogP contribution is 2.14. The summed E-state index contributed by atoms with van der Waals surface area (Å²) < 4.78 is 5.35.